The fourth-order valence-electron chi connectivity index (χ4n) is 2.68. The minimum atomic E-state index is -0.312. The highest BCUT2D eigenvalue weighted by molar-refractivity contribution is 5.14. The molecular weight excluding hydrogens is 224 g/mol. The Bertz CT molecular complexity index is 342. The molecule has 3 nitrogen and oxygen atoms in total. The highest BCUT2D eigenvalue weighted by atomic mass is 16.3. The van der Waals surface area contributed by atoms with Crippen LogP contribution in [-0.2, 0) is 6.54 Å². The molecule has 1 aliphatic rings. The SMILES string of the molecule is NCC(O)CCC1CCN(Cc2ccccc2)C1. The second-order valence-corrected chi connectivity index (χ2v) is 5.34. The summed E-state index contributed by atoms with van der Waals surface area (Å²) in [7, 11) is 0. The standard InChI is InChI=1S/C15H24N2O/c16-10-15(18)7-6-14-8-9-17(12-14)11-13-4-2-1-3-5-13/h1-5,14-15,18H,6-12,16H2. The van der Waals surface area contributed by atoms with Gasteiger partial charge in [0.1, 0.15) is 0 Å². The van der Waals surface area contributed by atoms with Gasteiger partial charge < -0.3 is 10.8 Å². The lowest BCUT2D eigenvalue weighted by Gasteiger charge is -2.16. The fourth-order valence-corrected chi connectivity index (χ4v) is 2.68. The largest absolute Gasteiger partial charge is 0.392 e. The Hall–Kier alpha value is -0.900. The van der Waals surface area contributed by atoms with Gasteiger partial charge in [0, 0.05) is 19.6 Å². The molecule has 0 amide bonds. The minimum absolute atomic E-state index is 0.312. The third-order valence-electron chi connectivity index (χ3n) is 3.80. The van der Waals surface area contributed by atoms with Crippen LogP contribution in [-0.4, -0.2) is 35.7 Å². The predicted octanol–water partition coefficient (Wildman–Crippen LogP) is 1.61. The maximum atomic E-state index is 9.48. The number of likely N-dealkylation sites (tertiary alicyclic amines) is 1. The molecule has 3 N–H and O–H groups in total. The van der Waals surface area contributed by atoms with E-state index in [-0.39, 0.29) is 6.10 Å². The predicted molar refractivity (Wildman–Crippen MR) is 74.1 cm³/mol. The van der Waals surface area contributed by atoms with Gasteiger partial charge >= 0.3 is 0 Å². The Kier molecular flexibility index (Phi) is 5.17. The summed E-state index contributed by atoms with van der Waals surface area (Å²) in [5.74, 6) is 0.731. The van der Waals surface area contributed by atoms with E-state index in [2.05, 4.69) is 35.2 Å². The highest BCUT2D eigenvalue weighted by Gasteiger charge is 2.22. The van der Waals surface area contributed by atoms with Crippen LogP contribution in [0.25, 0.3) is 0 Å². The van der Waals surface area contributed by atoms with Crippen molar-refractivity contribution in [3.63, 3.8) is 0 Å². The topological polar surface area (TPSA) is 49.5 Å². The molecule has 0 aliphatic carbocycles. The van der Waals surface area contributed by atoms with Crippen LogP contribution in [0.4, 0.5) is 0 Å². The zero-order valence-electron chi connectivity index (χ0n) is 11.0. The van der Waals surface area contributed by atoms with E-state index >= 15 is 0 Å². The van der Waals surface area contributed by atoms with Gasteiger partial charge in [-0.15, -0.1) is 0 Å². The number of hydrogen-bond acceptors (Lipinski definition) is 3. The second kappa shape index (κ2) is 6.88. The molecule has 0 bridgehead atoms. The van der Waals surface area contributed by atoms with Crippen LogP contribution in [0.5, 0.6) is 0 Å². The lowest BCUT2D eigenvalue weighted by atomic mass is 10.0. The lowest BCUT2D eigenvalue weighted by molar-refractivity contribution is 0.162. The molecule has 0 aromatic heterocycles. The summed E-state index contributed by atoms with van der Waals surface area (Å²) in [4.78, 5) is 2.51. The van der Waals surface area contributed by atoms with Gasteiger partial charge in [0.15, 0.2) is 0 Å². The Morgan fingerprint density at radius 2 is 2.11 bits per heavy atom. The summed E-state index contributed by atoms with van der Waals surface area (Å²) >= 11 is 0. The van der Waals surface area contributed by atoms with Crippen LogP contribution >= 0.6 is 0 Å². The Balaban J connectivity index is 1.72. The molecule has 18 heavy (non-hydrogen) atoms. The van der Waals surface area contributed by atoms with Gasteiger partial charge in [0.25, 0.3) is 0 Å². The molecule has 0 radical (unpaired) electrons. The summed E-state index contributed by atoms with van der Waals surface area (Å²) in [6, 6.07) is 10.6. The van der Waals surface area contributed by atoms with Crippen LogP contribution in [0.3, 0.4) is 0 Å². The van der Waals surface area contributed by atoms with Crippen molar-refractivity contribution in [2.24, 2.45) is 11.7 Å². The Morgan fingerprint density at radius 3 is 2.83 bits per heavy atom. The van der Waals surface area contributed by atoms with Crippen LogP contribution in [0.1, 0.15) is 24.8 Å². The van der Waals surface area contributed by atoms with Crippen LogP contribution in [0.15, 0.2) is 30.3 Å². The third kappa shape index (κ3) is 4.09. The Labute approximate surface area is 110 Å². The molecule has 3 heteroatoms. The molecule has 2 rings (SSSR count). The van der Waals surface area contributed by atoms with Crippen molar-refractivity contribution in [3.8, 4) is 0 Å². The molecule has 1 fully saturated rings. The molecule has 1 aromatic carbocycles. The molecule has 1 saturated heterocycles. The van der Waals surface area contributed by atoms with Crippen molar-refractivity contribution in [2.45, 2.75) is 31.9 Å². The monoisotopic (exact) mass is 248 g/mol. The molecule has 0 spiro atoms. The second-order valence-electron chi connectivity index (χ2n) is 5.34. The Morgan fingerprint density at radius 1 is 1.33 bits per heavy atom. The molecule has 1 aromatic rings. The van der Waals surface area contributed by atoms with Crippen LogP contribution in [0, 0.1) is 5.92 Å². The maximum Gasteiger partial charge on any atom is 0.0662 e. The van der Waals surface area contributed by atoms with Crippen LogP contribution in [0.2, 0.25) is 0 Å². The van der Waals surface area contributed by atoms with E-state index in [1.807, 2.05) is 0 Å². The van der Waals surface area contributed by atoms with E-state index in [9.17, 15) is 5.11 Å². The number of aliphatic hydroxyl groups is 1. The first-order valence-corrected chi connectivity index (χ1v) is 6.92. The van der Waals surface area contributed by atoms with Gasteiger partial charge in [0.2, 0.25) is 0 Å². The van der Waals surface area contributed by atoms with E-state index in [1.54, 1.807) is 0 Å². The fraction of sp³-hybridized carbons (Fsp3) is 0.600. The summed E-state index contributed by atoms with van der Waals surface area (Å²) in [5.41, 5.74) is 6.81. The van der Waals surface area contributed by atoms with Crippen molar-refractivity contribution in [3.05, 3.63) is 35.9 Å². The smallest absolute Gasteiger partial charge is 0.0662 e. The molecule has 100 valence electrons. The highest BCUT2D eigenvalue weighted by Crippen LogP contribution is 2.23. The number of nitrogens with two attached hydrogens (primary N) is 1. The number of benzene rings is 1. The lowest BCUT2D eigenvalue weighted by Crippen LogP contribution is -2.22. The number of nitrogens with zero attached hydrogens (tertiary/aromatic N) is 1. The normalized spacial score (nSPS) is 22.2. The van der Waals surface area contributed by atoms with Gasteiger partial charge in [-0.3, -0.25) is 4.90 Å². The number of rotatable bonds is 6. The summed E-state index contributed by atoms with van der Waals surface area (Å²) in [5, 5.41) is 9.48. The summed E-state index contributed by atoms with van der Waals surface area (Å²) < 4.78 is 0. The van der Waals surface area contributed by atoms with Crippen molar-refractivity contribution in [2.75, 3.05) is 19.6 Å². The van der Waals surface area contributed by atoms with E-state index in [0.717, 1.165) is 31.8 Å². The van der Waals surface area contributed by atoms with E-state index in [1.165, 1.54) is 18.5 Å². The quantitative estimate of drug-likeness (QED) is 0.804. The number of hydrogen-bond donors (Lipinski definition) is 2. The molecule has 2 unspecified atom stereocenters. The van der Waals surface area contributed by atoms with Gasteiger partial charge in [-0.05, 0) is 37.3 Å². The first-order chi connectivity index (χ1) is 8.78. The van der Waals surface area contributed by atoms with Gasteiger partial charge in [-0.2, -0.15) is 0 Å². The molecule has 0 saturated carbocycles. The summed E-state index contributed by atoms with van der Waals surface area (Å²) in [6.45, 7) is 3.78. The zero-order chi connectivity index (χ0) is 12.8. The first-order valence-electron chi connectivity index (χ1n) is 6.92. The number of aliphatic hydroxyl groups excluding tert-OH is 1. The van der Waals surface area contributed by atoms with E-state index in [4.69, 9.17) is 5.73 Å². The van der Waals surface area contributed by atoms with Gasteiger partial charge in [0.05, 0.1) is 6.10 Å². The summed E-state index contributed by atoms with van der Waals surface area (Å²) in [6.07, 6.45) is 2.89. The zero-order valence-corrected chi connectivity index (χ0v) is 11.0. The van der Waals surface area contributed by atoms with Gasteiger partial charge in [-0.1, -0.05) is 30.3 Å². The average Bonchev–Trinajstić information content (AvgIpc) is 2.85. The van der Waals surface area contributed by atoms with Crippen molar-refractivity contribution < 1.29 is 5.11 Å². The molecular formula is C15H24N2O. The van der Waals surface area contributed by atoms with Crippen LogP contribution < -0.4 is 5.73 Å². The van der Waals surface area contributed by atoms with Crippen molar-refractivity contribution in [1.82, 2.24) is 4.90 Å². The molecule has 1 aliphatic heterocycles. The maximum absolute atomic E-state index is 9.48. The third-order valence-corrected chi connectivity index (χ3v) is 3.80. The molecule has 2 atom stereocenters. The van der Waals surface area contributed by atoms with Crippen molar-refractivity contribution >= 4 is 0 Å². The van der Waals surface area contributed by atoms with E-state index in [0.29, 0.717) is 6.54 Å². The first kappa shape index (κ1) is 13.5. The van der Waals surface area contributed by atoms with Gasteiger partial charge in [-0.25, -0.2) is 0 Å². The average molecular weight is 248 g/mol. The van der Waals surface area contributed by atoms with Crippen molar-refractivity contribution in [1.29, 1.82) is 0 Å². The van der Waals surface area contributed by atoms with E-state index < -0.39 is 0 Å². The minimum Gasteiger partial charge on any atom is -0.392 e. The molecule has 1 heterocycles.